The highest BCUT2D eigenvalue weighted by Crippen LogP contribution is 2.23. The minimum Gasteiger partial charge on any atom is -0.394 e. The van der Waals surface area contributed by atoms with Crippen molar-refractivity contribution in [1.29, 1.82) is 0 Å². The summed E-state index contributed by atoms with van der Waals surface area (Å²) in [4.78, 5) is 13.1. The van der Waals surface area contributed by atoms with E-state index in [1.807, 2.05) is 0 Å². The van der Waals surface area contributed by atoms with Crippen LogP contribution in [0.15, 0.2) is 36.5 Å². The van der Waals surface area contributed by atoms with Gasteiger partial charge in [0.1, 0.15) is 24.4 Å². The number of rotatable bonds is 56. The third-order valence-corrected chi connectivity index (χ3v) is 15.5. The zero-order chi connectivity index (χ0) is 53.6. The maximum absolute atomic E-state index is 13.1. The molecule has 1 rings (SSSR count). The Morgan fingerprint density at radius 3 is 1.18 bits per heavy atom. The highest BCUT2D eigenvalue weighted by Gasteiger charge is 2.44. The minimum atomic E-state index is -1.55. The SMILES string of the molecule is CCCCCCC/C=C\C/C=C\C/C=C\CCCCCCCCCCCCCCCCCCCCCCCCC(=O)NC(COC1OC(CO)C(O)C(O)C1O)C(O)CCCCCCCCCCCCCCCC. The van der Waals surface area contributed by atoms with E-state index in [1.165, 1.54) is 238 Å². The van der Waals surface area contributed by atoms with Crippen LogP contribution in [0.3, 0.4) is 0 Å². The molecule has 0 saturated carbocycles. The molecular weight excluding hydrogens is 923 g/mol. The van der Waals surface area contributed by atoms with Crippen molar-refractivity contribution >= 4 is 5.91 Å². The second-order valence-corrected chi connectivity index (χ2v) is 22.6. The summed E-state index contributed by atoms with van der Waals surface area (Å²) < 4.78 is 11.3. The molecule has 9 nitrogen and oxygen atoms in total. The highest BCUT2D eigenvalue weighted by molar-refractivity contribution is 5.76. The standard InChI is InChI=1S/C65H123NO8/c1-3-5-7-9-11-13-15-17-19-20-21-22-23-24-25-26-27-28-29-30-31-32-33-34-35-36-37-38-39-40-41-43-45-47-49-51-53-55-61(69)66-58(57-73-65-64(72)63(71)62(70)60(56-67)74-65)59(68)54-52-50-48-46-44-42-18-16-14-12-10-8-6-4-2/h15,17,20-21,23-24,58-60,62-65,67-68,70-72H,3-14,16,18-19,22,25-57H2,1-2H3,(H,66,69)/b17-15-,21-20-,24-23-. The van der Waals surface area contributed by atoms with E-state index >= 15 is 0 Å². The van der Waals surface area contributed by atoms with Crippen molar-refractivity contribution in [3.8, 4) is 0 Å². The molecule has 1 aliphatic rings. The molecule has 0 spiro atoms. The van der Waals surface area contributed by atoms with E-state index in [9.17, 15) is 30.3 Å². The quantitative estimate of drug-likeness (QED) is 0.0261. The normalized spacial score (nSPS) is 19.1. The Morgan fingerprint density at radius 1 is 0.459 bits per heavy atom. The van der Waals surface area contributed by atoms with Gasteiger partial charge in [-0.15, -0.1) is 0 Å². The van der Waals surface area contributed by atoms with Crippen LogP contribution in [0.25, 0.3) is 0 Å². The monoisotopic (exact) mass is 1050 g/mol. The van der Waals surface area contributed by atoms with Gasteiger partial charge in [0.05, 0.1) is 25.4 Å². The molecule has 0 radical (unpaired) electrons. The average Bonchev–Trinajstić information content (AvgIpc) is 3.40. The fraction of sp³-hybridized carbons (Fsp3) is 0.892. The smallest absolute Gasteiger partial charge is 0.220 e. The van der Waals surface area contributed by atoms with Crippen molar-refractivity contribution in [2.45, 2.75) is 358 Å². The number of aliphatic hydroxyl groups excluding tert-OH is 5. The van der Waals surface area contributed by atoms with E-state index in [-0.39, 0.29) is 12.5 Å². The van der Waals surface area contributed by atoms with Crippen LogP contribution in [0.5, 0.6) is 0 Å². The maximum atomic E-state index is 13.1. The second kappa shape index (κ2) is 54.8. The molecule has 9 heteroatoms. The summed E-state index contributed by atoms with van der Waals surface area (Å²) in [5.74, 6) is -0.139. The number of nitrogens with one attached hydrogen (secondary N) is 1. The van der Waals surface area contributed by atoms with Crippen LogP contribution in [0, 0.1) is 0 Å². The fourth-order valence-electron chi connectivity index (χ4n) is 10.4. The molecule has 74 heavy (non-hydrogen) atoms. The van der Waals surface area contributed by atoms with Gasteiger partial charge in [0.2, 0.25) is 5.91 Å². The molecule has 0 aromatic rings. The highest BCUT2D eigenvalue weighted by atomic mass is 16.7. The van der Waals surface area contributed by atoms with Crippen LogP contribution in [0.2, 0.25) is 0 Å². The lowest BCUT2D eigenvalue weighted by molar-refractivity contribution is -0.302. The topological polar surface area (TPSA) is 149 Å². The van der Waals surface area contributed by atoms with Crippen molar-refractivity contribution in [2.24, 2.45) is 0 Å². The number of allylic oxidation sites excluding steroid dienone is 6. The molecule has 0 bridgehead atoms. The van der Waals surface area contributed by atoms with Crippen LogP contribution < -0.4 is 5.32 Å². The van der Waals surface area contributed by atoms with Crippen LogP contribution in [0.4, 0.5) is 0 Å². The molecule has 1 amide bonds. The van der Waals surface area contributed by atoms with Crippen molar-refractivity contribution in [2.75, 3.05) is 13.2 Å². The van der Waals surface area contributed by atoms with Gasteiger partial charge in [-0.3, -0.25) is 4.79 Å². The summed E-state index contributed by atoms with van der Waals surface area (Å²) in [6.45, 7) is 3.85. The summed E-state index contributed by atoms with van der Waals surface area (Å²) in [5.41, 5.74) is 0. The van der Waals surface area contributed by atoms with E-state index < -0.39 is 49.5 Å². The van der Waals surface area contributed by atoms with E-state index in [0.717, 1.165) is 51.4 Å². The Morgan fingerprint density at radius 2 is 0.797 bits per heavy atom. The molecule has 7 atom stereocenters. The Balaban J connectivity index is 2.05. The number of amides is 1. The largest absolute Gasteiger partial charge is 0.394 e. The molecule has 0 aromatic carbocycles. The van der Waals surface area contributed by atoms with Gasteiger partial charge in [-0.2, -0.15) is 0 Å². The number of carbonyl (C=O) groups excluding carboxylic acids is 1. The van der Waals surface area contributed by atoms with Crippen LogP contribution in [-0.2, 0) is 14.3 Å². The maximum Gasteiger partial charge on any atom is 0.220 e. The number of carbonyl (C=O) groups is 1. The Kier molecular flexibility index (Phi) is 52.1. The van der Waals surface area contributed by atoms with Gasteiger partial charge in [-0.05, 0) is 51.4 Å². The summed E-state index contributed by atoms with van der Waals surface area (Å²) in [5, 5.41) is 54.7. The van der Waals surface area contributed by atoms with Crippen molar-refractivity contribution < 1.29 is 39.8 Å². The first-order valence-corrected chi connectivity index (χ1v) is 32.2. The zero-order valence-electron chi connectivity index (χ0n) is 48.6. The number of ether oxygens (including phenoxy) is 2. The number of hydrogen-bond donors (Lipinski definition) is 6. The van der Waals surface area contributed by atoms with E-state index in [4.69, 9.17) is 9.47 Å². The minimum absolute atomic E-state index is 0.134. The number of hydrogen-bond acceptors (Lipinski definition) is 8. The van der Waals surface area contributed by atoms with Gasteiger partial charge in [0.25, 0.3) is 0 Å². The molecule has 1 heterocycles. The first-order chi connectivity index (χ1) is 36.3. The molecule has 7 unspecified atom stereocenters. The first-order valence-electron chi connectivity index (χ1n) is 32.2. The van der Waals surface area contributed by atoms with Gasteiger partial charge < -0.3 is 40.3 Å². The molecule has 1 aliphatic heterocycles. The van der Waals surface area contributed by atoms with Crippen molar-refractivity contribution in [3.05, 3.63) is 36.5 Å². The van der Waals surface area contributed by atoms with E-state index in [0.29, 0.717) is 12.8 Å². The Hall–Kier alpha value is -1.59. The van der Waals surface area contributed by atoms with E-state index in [2.05, 4.69) is 55.6 Å². The Bertz CT molecular complexity index is 1260. The third-order valence-electron chi connectivity index (χ3n) is 15.5. The summed E-state index contributed by atoms with van der Waals surface area (Å²) >= 11 is 0. The first kappa shape index (κ1) is 70.4. The lowest BCUT2D eigenvalue weighted by Gasteiger charge is -2.40. The molecule has 0 aromatic heterocycles. The second-order valence-electron chi connectivity index (χ2n) is 22.6. The van der Waals surface area contributed by atoms with Gasteiger partial charge in [-0.25, -0.2) is 0 Å². The summed E-state index contributed by atoms with van der Waals surface area (Å²) in [6.07, 6.45) is 64.9. The van der Waals surface area contributed by atoms with Crippen LogP contribution in [-0.4, -0.2) is 87.5 Å². The molecular formula is C65H123NO8. The van der Waals surface area contributed by atoms with Gasteiger partial charge in [-0.1, -0.05) is 294 Å². The summed E-state index contributed by atoms with van der Waals surface area (Å²) in [6, 6.07) is -0.716. The summed E-state index contributed by atoms with van der Waals surface area (Å²) in [7, 11) is 0. The van der Waals surface area contributed by atoms with Gasteiger partial charge in [0.15, 0.2) is 6.29 Å². The van der Waals surface area contributed by atoms with Crippen LogP contribution in [0.1, 0.15) is 316 Å². The predicted molar refractivity (Wildman–Crippen MR) is 313 cm³/mol. The van der Waals surface area contributed by atoms with Crippen LogP contribution >= 0.6 is 0 Å². The fourth-order valence-corrected chi connectivity index (χ4v) is 10.4. The molecule has 1 saturated heterocycles. The van der Waals surface area contributed by atoms with Gasteiger partial charge in [0, 0.05) is 6.42 Å². The third kappa shape index (κ3) is 43.4. The molecule has 1 fully saturated rings. The average molecular weight is 1050 g/mol. The van der Waals surface area contributed by atoms with Crippen molar-refractivity contribution in [3.63, 3.8) is 0 Å². The lowest BCUT2D eigenvalue weighted by atomic mass is 9.99. The molecule has 6 N–H and O–H groups in total. The molecule has 436 valence electrons. The number of aliphatic hydroxyl groups is 5. The van der Waals surface area contributed by atoms with Crippen molar-refractivity contribution in [1.82, 2.24) is 5.32 Å². The van der Waals surface area contributed by atoms with Gasteiger partial charge >= 0.3 is 0 Å². The van der Waals surface area contributed by atoms with E-state index in [1.54, 1.807) is 0 Å². The predicted octanol–water partition coefficient (Wildman–Crippen LogP) is 16.7. The number of unbranched alkanes of at least 4 members (excludes halogenated alkanes) is 40. The zero-order valence-corrected chi connectivity index (χ0v) is 48.6. The lowest BCUT2D eigenvalue weighted by Crippen LogP contribution is -2.60. The Labute approximate surface area is 457 Å². The molecule has 0 aliphatic carbocycles.